The molecule has 0 aromatic heterocycles. The molecule has 0 saturated heterocycles. The van der Waals surface area contributed by atoms with Crippen molar-refractivity contribution in [3.8, 4) is 22.3 Å². The van der Waals surface area contributed by atoms with Crippen LogP contribution in [0, 0.1) is 5.92 Å². The Kier molecular flexibility index (Phi) is 10.8. The van der Waals surface area contributed by atoms with Crippen LogP contribution in [0.25, 0.3) is 34.4 Å². The quantitative estimate of drug-likeness (QED) is 0.140. The number of benzene rings is 4. The molecular formula is C47H57Cl2SiZr. The van der Waals surface area contributed by atoms with Crippen molar-refractivity contribution in [3.05, 3.63) is 129 Å². The van der Waals surface area contributed by atoms with Crippen molar-refractivity contribution in [2.45, 2.75) is 112 Å². The summed E-state index contributed by atoms with van der Waals surface area (Å²) in [6, 6.07) is 32.7. The molecule has 0 radical (unpaired) electrons. The van der Waals surface area contributed by atoms with Gasteiger partial charge in [0.05, 0.1) is 0 Å². The summed E-state index contributed by atoms with van der Waals surface area (Å²) >= 11 is -4.85. The normalized spacial score (nSPS) is 21.0. The third-order valence-corrected chi connectivity index (χ3v) is 65.4. The number of allylic oxidation sites excluding steroid dienone is 2. The van der Waals surface area contributed by atoms with E-state index < -0.39 is 21.5 Å². The van der Waals surface area contributed by atoms with Gasteiger partial charge in [-0.2, -0.15) is 0 Å². The number of hydrogen-bond donors (Lipinski definition) is 0. The molecule has 3 aliphatic rings. The zero-order valence-electron chi connectivity index (χ0n) is 31.9. The van der Waals surface area contributed by atoms with Crippen LogP contribution in [-0.4, -0.2) is 5.92 Å². The number of rotatable bonds is 10. The summed E-state index contributed by atoms with van der Waals surface area (Å²) in [6.07, 6.45) is 13.8. The molecule has 0 bridgehead atoms. The third kappa shape index (κ3) is 6.41. The van der Waals surface area contributed by atoms with Crippen LogP contribution < -0.4 is 0 Å². The van der Waals surface area contributed by atoms with E-state index in [4.69, 9.17) is 17.0 Å². The molecule has 4 unspecified atom stereocenters. The van der Waals surface area contributed by atoms with Gasteiger partial charge in [-0.1, -0.05) is 0 Å². The van der Waals surface area contributed by atoms with Crippen LogP contribution in [0.2, 0.25) is 13.1 Å². The van der Waals surface area contributed by atoms with E-state index in [1.54, 1.807) is 5.57 Å². The fourth-order valence-electron chi connectivity index (χ4n) is 9.91. The third-order valence-electron chi connectivity index (χ3n) is 13.5. The molecular weight excluding hydrogens is 755 g/mol. The Hall–Kier alpha value is -1.96. The Bertz CT molecular complexity index is 1960. The van der Waals surface area contributed by atoms with Crippen LogP contribution in [0.1, 0.15) is 132 Å². The average Bonchev–Trinajstić information content (AvgIpc) is 3.73. The Balaban J connectivity index is 1.38. The molecule has 0 aliphatic heterocycles. The van der Waals surface area contributed by atoms with Gasteiger partial charge in [0, 0.05) is 0 Å². The standard InChI is InChI=1S/C25H29.C20H21.C2H7Si.2ClH.Zr/c1-3-18(2)19-12-14-21(15-13-19)24-11-7-10-22-16-23(17-25(22)24)20-8-5-4-6-9-20;1-4-15(3)16-8-10-17(11-9-16)19-7-5-6-18-12-14(2)13-20(18)19;1-3-2;;;/h7,10-18,20H,3-6,8-9H2,1-2H3;5-13,15H,4H2,1-3H3;3H,1-2H3;2*1H;/q;;;;;+2/p-2. The Morgan fingerprint density at radius 2 is 1.12 bits per heavy atom. The number of hydrogen-bond acceptors (Lipinski definition) is 0. The van der Waals surface area contributed by atoms with Gasteiger partial charge >= 0.3 is 320 Å². The molecule has 0 N–H and O–H groups in total. The van der Waals surface area contributed by atoms with Gasteiger partial charge < -0.3 is 0 Å². The van der Waals surface area contributed by atoms with Crippen LogP contribution in [0.3, 0.4) is 0 Å². The van der Waals surface area contributed by atoms with Crippen molar-refractivity contribution in [2.75, 3.05) is 0 Å². The summed E-state index contributed by atoms with van der Waals surface area (Å²) in [7, 11) is 17.6. The summed E-state index contributed by atoms with van der Waals surface area (Å²) in [6.45, 7) is 16.5. The van der Waals surface area contributed by atoms with Crippen molar-refractivity contribution in [1.82, 2.24) is 0 Å². The first-order valence-electron chi connectivity index (χ1n) is 19.9. The maximum absolute atomic E-state index is 8.80. The van der Waals surface area contributed by atoms with Gasteiger partial charge in [-0.05, 0) is 0 Å². The molecule has 267 valence electrons. The zero-order valence-corrected chi connectivity index (χ0v) is 37.0. The van der Waals surface area contributed by atoms with E-state index in [1.165, 1.54) is 93.3 Å². The van der Waals surface area contributed by atoms with E-state index in [0.717, 1.165) is 12.8 Å². The van der Waals surface area contributed by atoms with Gasteiger partial charge in [-0.25, -0.2) is 0 Å². The second kappa shape index (κ2) is 14.7. The van der Waals surface area contributed by atoms with Crippen LogP contribution >= 0.6 is 17.0 Å². The summed E-state index contributed by atoms with van der Waals surface area (Å²) in [5.41, 5.74) is 16.5. The van der Waals surface area contributed by atoms with Gasteiger partial charge in [0.2, 0.25) is 0 Å². The molecule has 0 amide bonds. The Morgan fingerprint density at radius 3 is 1.59 bits per heavy atom. The van der Waals surface area contributed by atoms with Gasteiger partial charge in [0.25, 0.3) is 0 Å². The molecule has 51 heavy (non-hydrogen) atoms. The van der Waals surface area contributed by atoms with E-state index in [1.807, 2.05) is 0 Å². The summed E-state index contributed by atoms with van der Waals surface area (Å²) in [5, 5.41) is 0. The minimum absolute atomic E-state index is 0.109. The van der Waals surface area contributed by atoms with Crippen molar-refractivity contribution >= 4 is 35.1 Å². The predicted octanol–water partition coefficient (Wildman–Crippen LogP) is 15.2. The fourth-order valence-corrected chi connectivity index (χ4v) is 41.9. The molecule has 3 aliphatic carbocycles. The predicted molar refractivity (Wildman–Crippen MR) is 225 cm³/mol. The summed E-state index contributed by atoms with van der Waals surface area (Å²) in [4.78, 5) is 0. The van der Waals surface area contributed by atoms with Crippen molar-refractivity contribution < 1.29 is 15.6 Å². The molecule has 0 heterocycles. The van der Waals surface area contributed by atoms with E-state index in [0.29, 0.717) is 17.8 Å². The van der Waals surface area contributed by atoms with Crippen molar-refractivity contribution in [3.63, 3.8) is 0 Å². The topological polar surface area (TPSA) is 0 Å². The average molecular weight is 812 g/mol. The fraction of sp³-hybridized carbons (Fsp3) is 0.404. The van der Waals surface area contributed by atoms with E-state index >= 15 is 0 Å². The monoisotopic (exact) mass is 809 g/mol. The van der Waals surface area contributed by atoms with Gasteiger partial charge in [-0.3, -0.25) is 0 Å². The van der Waals surface area contributed by atoms with E-state index in [-0.39, 0.29) is 7.25 Å². The molecule has 4 aromatic rings. The first-order chi connectivity index (χ1) is 24.5. The molecule has 1 saturated carbocycles. The second-order valence-electron chi connectivity index (χ2n) is 16.6. The Morgan fingerprint density at radius 1 is 0.647 bits per heavy atom. The molecule has 7 rings (SSSR count). The molecule has 4 aromatic carbocycles. The zero-order chi connectivity index (χ0) is 36.1. The minimum atomic E-state index is -4.85. The molecule has 1 fully saturated rings. The van der Waals surface area contributed by atoms with Crippen LogP contribution in [0.4, 0.5) is 0 Å². The van der Waals surface area contributed by atoms with Gasteiger partial charge in [0.1, 0.15) is 0 Å². The second-order valence-corrected chi connectivity index (χ2v) is 59.1. The van der Waals surface area contributed by atoms with Crippen molar-refractivity contribution in [2.24, 2.45) is 5.92 Å². The van der Waals surface area contributed by atoms with Crippen LogP contribution in [-0.2, 0) is 15.6 Å². The number of fused-ring (bicyclic) bond motifs is 2. The maximum atomic E-state index is 8.80. The van der Waals surface area contributed by atoms with Gasteiger partial charge in [0.15, 0.2) is 0 Å². The Labute approximate surface area is 317 Å². The van der Waals surface area contributed by atoms with E-state index in [9.17, 15) is 0 Å². The van der Waals surface area contributed by atoms with Crippen LogP contribution in [0.15, 0.2) is 96.1 Å². The first kappa shape index (κ1) is 37.4. The molecule has 0 nitrogen and oxygen atoms in total. The SMILES string of the molecule is CCC(C)c1ccc(-c2cccc3c2C=C(C)[CH]3[Zr]([Cl])([Cl])([CH]2C(C3CCCCC3)=Cc3c(-c4ccc(C(C)CC)cc4)cccc32)[SiH](C)C)cc1. The summed E-state index contributed by atoms with van der Waals surface area (Å²) < 4.78 is 0.244. The molecule has 0 spiro atoms. The summed E-state index contributed by atoms with van der Waals surface area (Å²) in [5.74, 6) is 0.0476. The first-order valence-corrected chi connectivity index (χ1v) is 36.2. The van der Waals surface area contributed by atoms with Crippen LogP contribution in [0.5, 0.6) is 0 Å². The van der Waals surface area contributed by atoms with Crippen molar-refractivity contribution in [1.29, 1.82) is 0 Å². The molecule has 4 heteroatoms. The number of halogens is 2. The van der Waals surface area contributed by atoms with Gasteiger partial charge in [-0.15, -0.1) is 0 Å². The molecule has 4 atom stereocenters. The van der Waals surface area contributed by atoms with E-state index in [2.05, 4.69) is 145 Å².